The Balaban J connectivity index is 1.94. The van der Waals surface area contributed by atoms with Crippen molar-refractivity contribution in [1.29, 1.82) is 0 Å². The van der Waals surface area contributed by atoms with Gasteiger partial charge in [0.25, 0.3) is 0 Å². The van der Waals surface area contributed by atoms with Crippen LogP contribution in [0.3, 0.4) is 0 Å². The molecule has 4 nitrogen and oxygen atoms in total. The van der Waals surface area contributed by atoms with Gasteiger partial charge in [0.05, 0.1) is 5.69 Å². The fourth-order valence-corrected chi connectivity index (χ4v) is 1.97. The van der Waals surface area contributed by atoms with Crippen molar-refractivity contribution >= 4 is 27.7 Å². The first-order valence-electron chi connectivity index (χ1n) is 5.88. The number of anilines is 2. The van der Waals surface area contributed by atoms with Crippen LogP contribution in [0.5, 0.6) is 0 Å². The minimum atomic E-state index is 0.492. The zero-order valence-corrected chi connectivity index (χ0v) is 11.3. The molecule has 3 rings (SSSR count). The highest BCUT2D eigenvalue weighted by Crippen LogP contribution is 2.26. The van der Waals surface area contributed by atoms with E-state index in [-0.39, 0.29) is 0 Å². The molecule has 18 heavy (non-hydrogen) atoms. The summed E-state index contributed by atoms with van der Waals surface area (Å²) < 4.78 is 1.05. The van der Waals surface area contributed by atoms with Gasteiger partial charge in [-0.15, -0.1) is 0 Å². The van der Waals surface area contributed by atoms with E-state index in [1.165, 1.54) is 12.8 Å². The predicted molar refractivity (Wildman–Crippen MR) is 76.2 cm³/mol. The number of nitrogens with zero attached hydrogens (tertiary/aromatic N) is 2. The normalized spacial score (nSPS) is 14.5. The van der Waals surface area contributed by atoms with Gasteiger partial charge in [0.2, 0.25) is 5.95 Å². The molecule has 0 spiro atoms. The molecule has 1 aliphatic rings. The zero-order chi connectivity index (χ0) is 12.5. The van der Waals surface area contributed by atoms with Gasteiger partial charge in [0.15, 0.2) is 0 Å². The Labute approximate surface area is 114 Å². The average molecular weight is 305 g/mol. The van der Waals surface area contributed by atoms with E-state index < -0.39 is 0 Å². The van der Waals surface area contributed by atoms with Gasteiger partial charge in [-0.25, -0.2) is 4.98 Å². The van der Waals surface area contributed by atoms with Crippen molar-refractivity contribution in [2.24, 2.45) is 0 Å². The second-order valence-corrected chi connectivity index (χ2v) is 5.34. The largest absolute Gasteiger partial charge is 0.384 e. The molecule has 0 amide bonds. The molecule has 0 radical (unpaired) electrons. The molecule has 2 aromatic rings. The highest BCUT2D eigenvalue weighted by atomic mass is 79.9. The minimum absolute atomic E-state index is 0.492. The molecule has 1 fully saturated rings. The summed E-state index contributed by atoms with van der Waals surface area (Å²) in [6.07, 6.45) is 2.37. The summed E-state index contributed by atoms with van der Waals surface area (Å²) in [5, 5.41) is 3.27. The second-order valence-electron chi connectivity index (χ2n) is 4.43. The highest BCUT2D eigenvalue weighted by molar-refractivity contribution is 9.10. The summed E-state index contributed by atoms with van der Waals surface area (Å²) in [4.78, 5) is 8.70. The van der Waals surface area contributed by atoms with Crippen molar-refractivity contribution in [2.75, 3.05) is 11.1 Å². The van der Waals surface area contributed by atoms with Gasteiger partial charge in [0.1, 0.15) is 5.82 Å². The zero-order valence-electron chi connectivity index (χ0n) is 9.73. The number of nitrogens with two attached hydrogens (primary N) is 1. The smallest absolute Gasteiger partial charge is 0.225 e. The molecular weight excluding hydrogens is 292 g/mol. The van der Waals surface area contributed by atoms with Crippen LogP contribution in [-0.4, -0.2) is 16.0 Å². The van der Waals surface area contributed by atoms with Crippen molar-refractivity contribution in [2.45, 2.75) is 18.9 Å². The van der Waals surface area contributed by atoms with E-state index in [0.717, 1.165) is 15.7 Å². The molecule has 0 saturated heterocycles. The second kappa shape index (κ2) is 4.57. The Hall–Kier alpha value is -1.62. The van der Waals surface area contributed by atoms with E-state index in [1.54, 1.807) is 6.07 Å². The van der Waals surface area contributed by atoms with Crippen molar-refractivity contribution in [3.8, 4) is 11.3 Å². The number of hydrogen-bond donors (Lipinski definition) is 2. The first-order chi connectivity index (χ1) is 8.70. The van der Waals surface area contributed by atoms with Gasteiger partial charge in [-0.05, 0) is 25.0 Å². The van der Waals surface area contributed by atoms with Crippen LogP contribution >= 0.6 is 15.9 Å². The lowest BCUT2D eigenvalue weighted by molar-refractivity contribution is 1.06. The summed E-state index contributed by atoms with van der Waals surface area (Å²) in [6, 6.07) is 10.3. The van der Waals surface area contributed by atoms with Gasteiger partial charge in [-0.3, -0.25) is 0 Å². The predicted octanol–water partition coefficient (Wildman–Crippen LogP) is 3.06. The average Bonchev–Trinajstić information content (AvgIpc) is 3.13. The Morgan fingerprint density at radius 2 is 1.89 bits per heavy atom. The molecule has 1 aliphatic carbocycles. The number of nitrogen functional groups attached to an aromatic ring is 1. The number of nitrogens with one attached hydrogen (secondary N) is 1. The third-order valence-electron chi connectivity index (χ3n) is 2.80. The number of rotatable bonds is 3. The Morgan fingerprint density at radius 1 is 1.17 bits per heavy atom. The number of aromatic nitrogens is 2. The van der Waals surface area contributed by atoms with E-state index in [1.807, 2.05) is 24.3 Å². The standard InChI is InChI=1S/C13H13BrN4/c14-9-3-1-8(2-4-9)11-7-12(15)18-13(17-11)16-10-5-6-10/h1-4,7,10H,5-6H2,(H3,15,16,17,18). The minimum Gasteiger partial charge on any atom is -0.384 e. The molecule has 5 heteroatoms. The molecule has 1 aromatic carbocycles. The molecule has 1 heterocycles. The molecule has 92 valence electrons. The van der Waals surface area contributed by atoms with Crippen LogP contribution in [0.1, 0.15) is 12.8 Å². The number of hydrogen-bond acceptors (Lipinski definition) is 4. The van der Waals surface area contributed by atoms with E-state index in [9.17, 15) is 0 Å². The van der Waals surface area contributed by atoms with Crippen LogP contribution in [0.2, 0.25) is 0 Å². The first-order valence-corrected chi connectivity index (χ1v) is 6.67. The van der Waals surface area contributed by atoms with Crippen LogP contribution in [0.15, 0.2) is 34.8 Å². The summed E-state index contributed by atoms with van der Waals surface area (Å²) in [7, 11) is 0. The van der Waals surface area contributed by atoms with Crippen LogP contribution in [0.4, 0.5) is 11.8 Å². The van der Waals surface area contributed by atoms with Crippen molar-refractivity contribution in [3.05, 3.63) is 34.8 Å². The van der Waals surface area contributed by atoms with Crippen LogP contribution in [0.25, 0.3) is 11.3 Å². The maximum Gasteiger partial charge on any atom is 0.225 e. The van der Waals surface area contributed by atoms with Crippen molar-refractivity contribution < 1.29 is 0 Å². The summed E-state index contributed by atoms with van der Waals surface area (Å²) in [6.45, 7) is 0. The third kappa shape index (κ3) is 2.61. The van der Waals surface area contributed by atoms with E-state index >= 15 is 0 Å². The fraction of sp³-hybridized carbons (Fsp3) is 0.231. The molecule has 3 N–H and O–H groups in total. The first kappa shape index (κ1) is 11.5. The molecular formula is C13H13BrN4. The third-order valence-corrected chi connectivity index (χ3v) is 3.33. The van der Waals surface area contributed by atoms with Crippen LogP contribution in [0, 0.1) is 0 Å². The number of benzene rings is 1. The Bertz CT molecular complexity index is 564. The lowest BCUT2D eigenvalue weighted by atomic mass is 10.1. The molecule has 0 bridgehead atoms. The molecule has 0 aliphatic heterocycles. The Kier molecular flexibility index (Phi) is 2.91. The van der Waals surface area contributed by atoms with Crippen molar-refractivity contribution in [1.82, 2.24) is 9.97 Å². The fourth-order valence-electron chi connectivity index (χ4n) is 1.71. The summed E-state index contributed by atoms with van der Waals surface area (Å²) in [5.74, 6) is 1.11. The summed E-state index contributed by atoms with van der Waals surface area (Å²) in [5.41, 5.74) is 7.70. The number of halogens is 1. The molecule has 1 aromatic heterocycles. The maximum atomic E-state index is 5.82. The lowest BCUT2D eigenvalue weighted by Gasteiger charge is -2.07. The van der Waals surface area contributed by atoms with E-state index in [2.05, 4.69) is 31.2 Å². The van der Waals surface area contributed by atoms with E-state index in [4.69, 9.17) is 5.73 Å². The maximum absolute atomic E-state index is 5.82. The molecule has 0 atom stereocenters. The molecule has 0 unspecified atom stereocenters. The SMILES string of the molecule is Nc1cc(-c2ccc(Br)cc2)nc(NC2CC2)n1. The van der Waals surface area contributed by atoms with Gasteiger partial charge in [-0.1, -0.05) is 28.1 Å². The highest BCUT2D eigenvalue weighted by Gasteiger charge is 2.22. The summed E-state index contributed by atoms with van der Waals surface area (Å²) >= 11 is 3.42. The van der Waals surface area contributed by atoms with Crippen LogP contribution in [-0.2, 0) is 0 Å². The Morgan fingerprint density at radius 3 is 2.56 bits per heavy atom. The van der Waals surface area contributed by atoms with Gasteiger partial charge in [-0.2, -0.15) is 4.98 Å². The van der Waals surface area contributed by atoms with Gasteiger partial charge < -0.3 is 11.1 Å². The van der Waals surface area contributed by atoms with Crippen LogP contribution < -0.4 is 11.1 Å². The quantitative estimate of drug-likeness (QED) is 0.915. The van der Waals surface area contributed by atoms with Crippen molar-refractivity contribution in [3.63, 3.8) is 0 Å². The lowest BCUT2D eigenvalue weighted by Crippen LogP contribution is -2.07. The monoisotopic (exact) mass is 304 g/mol. The topological polar surface area (TPSA) is 63.8 Å². The van der Waals surface area contributed by atoms with E-state index in [0.29, 0.717) is 17.8 Å². The molecule has 1 saturated carbocycles. The van der Waals surface area contributed by atoms with Gasteiger partial charge >= 0.3 is 0 Å². The van der Waals surface area contributed by atoms with Gasteiger partial charge in [0, 0.05) is 22.1 Å².